The number of anilines is 1. The summed E-state index contributed by atoms with van der Waals surface area (Å²) in [4.78, 5) is 4.45. The van der Waals surface area contributed by atoms with E-state index in [1.807, 2.05) is 30.3 Å². The summed E-state index contributed by atoms with van der Waals surface area (Å²) in [5, 5.41) is 18.4. The molecule has 0 fully saturated rings. The molecular weight excluding hydrogens is 314 g/mol. The number of hydrogen-bond donors (Lipinski definition) is 4. The number of fused-ring (bicyclic) bond motifs is 1. The van der Waals surface area contributed by atoms with Gasteiger partial charge in [0.1, 0.15) is 17.1 Å². The van der Waals surface area contributed by atoms with Gasteiger partial charge in [-0.1, -0.05) is 30.3 Å². The molecule has 0 radical (unpaired) electrons. The normalized spacial score (nSPS) is 11.8. The molecule has 0 bridgehead atoms. The lowest BCUT2D eigenvalue weighted by Gasteiger charge is -2.00. The highest BCUT2D eigenvalue weighted by Crippen LogP contribution is 2.23. The van der Waals surface area contributed by atoms with Crippen molar-refractivity contribution in [1.82, 2.24) is 4.98 Å². The van der Waals surface area contributed by atoms with Gasteiger partial charge in [-0.25, -0.2) is 4.98 Å². The smallest absolute Gasteiger partial charge is 0.153 e. The Morgan fingerprint density at radius 1 is 1.16 bits per heavy atom. The second-order valence-corrected chi connectivity index (χ2v) is 5.21. The summed E-state index contributed by atoms with van der Waals surface area (Å²) in [6.07, 6.45) is 5.80. The second kappa shape index (κ2) is 7.27. The Kier molecular flexibility index (Phi) is 4.71. The lowest BCUT2D eigenvalue weighted by Crippen LogP contribution is -1.96. The molecule has 0 aliphatic rings. The first-order valence-electron chi connectivity index (χ1n) is 7.61. The molecule has 25 heavy (non-hydrogen) atoms. The van der Waals surface area contributed by atoms with Gasteiger partial charge >= 0.3 is 0 Å². The third-order valence-electron chi connectivity index (χ3n) is 3.56. The van der Waals surface area contributed by atoms with Gasteiger partial charge in [0.2, 0.25) is 0 Å². The first-order valence-corrected chi connectivity index (χ1v) is 7.61. The zero-order valence-electron chi connectivity index (χ0n) is 13.4. The van der Waals surface area contributed by atoms with Crippen molar-refractivity contribution in [2.45, 2.75) is 0 Å². The quantitative estimate of drug-likeness (QED) is 0.515. The molecule has 5 N–H and O–H groups in total. The summed E-state index contributed by atoms with van der Waals surface area (Å²) < 4.78 is 5.63. The Labute approximate surface area is 144 Å². The van der Waals surface area contributed by atoms with Gasteiger partial charge in [0.15, 0.2) is 5.58 Å². The zero-order chi connectivity index (χ0) is 17.6. The van der Waals surface area contributed by atoms with E-state index in [9.17, 15) is 0 Å². The minimum Gasteiger partial charge on any atom is -0.454 e. The number of rotatable bonds is 6. The van der Waals surface area contributed by atoms with Crippen molar-refractivity contribution < 1.29 is 4.42 Å². The van der Waals surface area contributed by atoms with Crippen molar-refractivity contribution in [3.8, 4) is 0 Å². The average molecular weight is 331 g/mol. The first kappa shape index (κ1) is 16.2. The highest BCUT2D eigenvalue weighted by Gasteiger charge is 2.08. The molecule has 0 amide bonds. The van der Waals surface area contributed by atoms with E-state index in [1.54, 1.807) is 30.5 Å². The molecule has 0 aliphatic carbocycles. The van der Waals surface area contributed by atoms with E-state index in [-0.39, 0.29) is 0 Å². The average Bonchev–Trinajstić information content (AvgIpc) is 3.06. The van der Waals surface area contributed by atoms with E-state index in [1.165, 1.54) is 6.20 Å². The number of benzene rings is 1. The summed E-state index contributed by atoms with van der Waals surface area (Å²) in [7, 11) is 0. The maximum atomic E-state index is 8.02. The van der Waals surface area contributed by atoms with Crippen LogP contribution in [0.25, 0.3) is 16.7 Å². The lowest BCUT2D eigenvalue weighted by atomic mass is 10.1. The molecule has 2 aromatic heterocycles. The van der Waals surface area contributed by atoms with Crippen molar-refractivity contribution in [1.29, 1.82) is 10.8 Å². The van der Waals surface area contributed by atoms with Crippen LogP contribution >= 0.6 is 0 Å². The summed E-state index contributed by atoms with van der Waals surface area (Å²) in [5.74, 6) is 1.13. The molecule has 0 atom stereocenters. The van der Waals surface area contributed by atoms with E-state index in [0.717, 1.165) is 11.8 Å². The van der Waals surface area contributed by atoms with Gasteiger partial charge in [-0.05, 0) is 23.8 Å². The highest BCUT2D eigenvalue weighted by atomic mass is 16.3. The molecule has 0 aliphatic heterocycles. The van der Waals surface area contributed by atoms with Crippen LogP contribution in [0.4, 0.5) is 5.82 Å². The van der Waals surface area contributed by atoms with Crippen LogP contribution in [0, 0.1) is 10.8 Å². The molecule has 3 aromatic rings. The Balaban J connectivity index is 1.75. The number of nitrogens with two attached hydrogens (primary N) is 1. The third kappa shape index (κ3) is 3.64. The second-order valence-electron chi connectivity index (χ2n) is 5.21. The Bertz CT molecular complexity index is 970. The molecule has 0 saturated carbocycles. The van der Waals surface area contributed by atoms with Crippen LogP contribution in [-0.2, 0) is 0 Å². The molecule has 124 valence electrons. The van der Waals surface area contributed by atoms with Crippen LogP contribution in [0.2, 0.25) is 0 Å². The van der Waals surface area contributed by atoms with Gasteiger partial charge in [0.25, 0.3) is 0 Å². The summed E-state index contributed by atoms with van der Waals surface area (Å²) >= 11 is 0. The fourth-order valence-corrected chi connectivity index (χ4v) is 2.27. The molecule has 6 nitrogen and oxygen atoms in total. The maximum absolute atomic E-state index is 8.02. The van der Waals surface area contributed by atoms with E-state index in [0.29, 0.717) is 34.0 Å². The van der Waals surface area contributed by atoms with Gasteiger partial charge in [-0.2, -0.15) is 0 Å². The van der Waals surface area contributed by atoms with Crippen molar-refractivity contribution in [2.24, 2.45) is 5.73 Å². The minimum atomic E-state index is 0.406. The predicted molar refractivity (Wildman–Crippen MR) is 101 cm³/mol. The molecular formula is C19H17N5O. The minimum absolute atomic E-state index is 0.406. The lowest BCUT2D eigenvalue weighted by molar-refractivity contribution is 0.601. The highest BCUT2D eigenvalue weighted by molar-refractivity contribution is 6.08. The van der Waals surface area contributed by atoms with Gasteiger partial charge in [-0.3, -0.25) is 0 Å². The number of pyridine rings is 1. The van der Waals surface area contributed by atoms with Crippen LogP contribution < -0.4 is 11.1 Å². The van der Waals surface area contributed by atoms with Crippen molar-refractivity contribution in [2.75, 3.05) is 5.32 Å². The van der Waals surface area contributed by atoms with Crippen LogP contribution in [0.15, 0.2) is 71.4 Å². The standard InChI is InChI=1S/C19H17N5O/c20-11-14(12-21)18-10-16-17(25-18)6-7-19(24-16)23-9-8-15(22)13-4-2-1-3-5-13/h1-12,20,22H,21H2,(H,23,24)/b9-8-,14-12+,20-11?,22-15?. The van der Waals surface area contributed by atoms with E-state index in [2.05, 4.69) is 10.3 Å². The van der Waals surface area contributed by atoms with Crippen molar-refractivity contribution >= 4 is 34.4 Å². The monoisotopic (exact) mass is 331 g/mol. The van der Waals surface area contributed by atoms with Gasteiger partial charge in [0, 0.05) is 24.7 Å². The van der Waals surface area contributed by atoms with Gasteiger partial charge in [0.05, 0.1) is 11.3 Å². The van der Waals surface area contributed by atoms with E-state index >= 15 is 0 Å². The zero-order valence-corrected chi connectivity index (χ0v) is 13.4. The molecule has 0 saturated heterocycles. The van der Waals surface area contributed by atoms with E-state index in [4.69, 9.17) is 21.0 Å². The molecule has 1 aromatic carbocycles. The van der Waals surface area contributed by atoms with Crippen LogP contribution in [0.3, 0.4) is 0 Å². The van der Waals surface area contributed by atoms with Gasteiger partial charge in [-0.15, -0.1) is 0 Å². The molecule has 6 heteroatoms. The molecule has 3 rings (SSSR count). The van der Waals surface area contributed by atoms with Gasteiger partial charge < -0.3 is 26.3 Å². The summed E-state index contributed by atoms with van der Waals surface area (Å²) in [6, 6.07) is 14.8. The number of allylic oxidation sites excluding steroid dienone is 2. The summed E-state index contributed by atoms with van der Waals surface area (Å²) in [6.45, 7) is 0. The number of nitrogens with one attached hydrogen (secondary N) is 3. The SMILES string of the molecule is N=C/C(=C\N)c1cc2nc(N/C=C\C(=N)c3ccccc3)ccc2o1. The molecule has 0 spiro atoms. The van der Waals surface area contributed by atoms with Crippen LogP contribution in [0.5, 0.6) is 0 Å². The molecule has 2 heterocycles. The molecule has 0 unspecified atom stereocenters. The number of nitrogens with zero attached hydrogens (tertiary/aromatic N) is 1. The largest absolute Gasteiger partial charge is 0.454 e. The Hall–Kier alpha value is -3.67. The van der Waals surface area contributed by atoms with E-state index < -0.39 is 0 Å². The van der Waals surface area contributed by atoms with Crippen molar-refractivity contribution in [3.63, 3.8) is 0 Å². The fraction of sp³-hybridized carbons (Fsp3) is 0. The number of furan rings is 1. The number of aromatic nitrogens is 1. The summed E-state index contributed by atoms with van der Waals surface area (Å²) in [5.41, 5.74) is 8.49. The topological polar surface area (TPSA) is 112 Å². The van der Waals surface area contributed by atoms with Crippen LogP contribution in [0.1, 0.15) is 11.3 Å². The van der Waals surface area contributed by atoms with Crippen molar-refractivity contribution in [3.05, 3.63) is 78.3 Å². The third-order valence-corrected chi connectivity index (χ3v) is 3.56. The Morgan fingerprint density at radius 2 is 1.96 bits per heavy atom. The fourth-order valence-electron chi connectivity index (χ4n) is 2.27. The Morgan fingerprint density at radius 3 is 2.68 bits per heavy atom. The first-order chi connectivity index (χ1) is 12.2. The number of hydrogen-bond acceptors (Lipinski definition) is 6. The van der Waals surface area contributed by atoms with Crippen LogP contribution in [-0.4, -0.2) is 16.9 Å². The predicted octanol–water partition coefficient (Wildman–Crippen LogP) is 3.77. The maximum Gasteiger partial charge on any atom is 0.153 e.